The van der Waals surface area contributed by atoms with Gasteiger partial charge in [-0.25, -0.2) is 9.48 Å². The standard InChI is InChI=1S/C17H15N3O3/c21-17(22)15-16(14-9-4-10-23-14)20(19-18-15)13-8-3-6-11-5-1-2-7-12(11)13/h1-3,5-8,14H,4,9-10H2,(H,21,22). The molecule has 4 rings (SSSR count). The fraction of sp³-hybridized carbons (Fsp3) is 0.235. The van der Waals surface area contributed by atoms with Crippen molar-refractivity contribution in [1.82, 2.24) is 15.0 Å². The molecule has 6 nitrogen and oxygen atoms in total. The second-order valence-electron chi connectivity index (χ2n) is 5.54. The Morgan fingerprint density at radius 1 is 1.22 bits per heavy atom. The van der Waals surface area contributed by atoms with Gasteiger partial charge in [0.05, 0.1) is 5.69 Å². The van der Waals surface area contributed by atoms with E-state index in [4.69, 9.17) is 4.74 Å². The second-order valence-corrected chi connectivity index (χ2v) is 5.54. The molecule has 1 aromatic heterocycles. The molecule has 0 spiro atoms. The zero-order valence-corrected chi connectivity index (χ0v) is 12.3. The molecule has 0 saturated carbocycles. The van der Waals surface area contributed by atoms with Crippen molar-refractivity contribution in [3.8, 4) is 5.69 Å². The fourth-order valence-corrected chi connectivity index (χ4v) is 3.09. The predicted molar refractivity (Wildman–Crippen MR) is 83.8 cm³/mol. The Bertz CT molecular complexity index is 876. The van der Waals surface area contributed by atoms with Crippen LogP contribution in [0.4, 0.5) is 0 Å². The van der Waals surface area contributed by atoms with Gasteiger partial charge in [0.15, 0.2) is 5.69 Å². The van der Waals surface area contributed by atoms with Gasteiger partial charge in [0.2, 0.25) is 0 Å². The summed E-state index contributed by atoms with van der Waals surface area (Å²) < 4.78 is 7.31. The average Bonchev–Trinajstić information content (AvgIpc) is 3.23. The van der Waals surface area contributed by atoms with Crippen LogP contribution in [0.1, 0.15) is 35.1 Å². The van der Waals surface area contributed by atoms with Crippen LogP contribution < -0.4 is 0 Å². The number of hydrogen-bond acceptors (Lipinski definition) is 4. The van der Waals surface area contributed by atoms with Gasteiger partial charge >= 0.3 is 5.97 Å². The highest BCUT2D eigenvalue weighted by Gasteiger charge is 2.30. The van der Waals surface area contributed by atoms with Crippen LogP contribution in [0.25, 0.3) is 16.5 Å². The molecular formula is C17H15N3O3. The van der Waals surface area contributed by atoms with Gasteiger partial charge in [-0.1, -0.05) is 41.6 Å². The number of aromatic carboxylic acids is 1. The molecule has 2 aromatic carbocycles. The molecule has 1 unspecified atom stereocenters. The molecule has 3 aromatic rings. The first-order valence-corrected chi connectivity index (χ1v) is 7.54. The monoisotopic (exact) mass is 309 g/mol. The number of aromatic nitrogens is 3. The number of carboxylic acid groups (broad SMARTS) is 1. The van der Waals surface area contributed by atoms with Gasteiger partial charge in [-0.3, -0.25) is 0 Å². The Kier molecular flexibility index (Phi) is 3.31. The summed E-state index contributed by atoms with van der Waals surface area (Å²) >= 11 is 0. The first-order chi connectivity index (χ1) is 11.3. The van der Waals surface area contributed by atoms with Crippen LogP contribution in [0.3, 0.4) is 0 Å². The highest BCUT2D eigenvalue weighted by atomic mass is 16.5. The summed E-state index contributed by atoms with van der Waals surface area (Å²) in [4.78, 5) is 11.5. The predicted octanol–water partition coefficient (Wildman–Crippen LogP) is 2.97. The summed E-state index contributed by atoms with van der Waals surface area (Å²) in [6.07, 6.45) is 1.40. The topological polar surface area (TPSA) is 77.2 Å². The maximum absolute atomic E-state index is 11.5. The van der Waals surface area contributed by atoms with Crippen molar-refractivity contribution in [2.24, 2.45) is 0 Å². The highest BCUT2D eigenvalue weighted by molar-refractivity contribution is 5.91. The number of benzene rings is 2. The van der Waals surface area contributed by atoms with E-state index in [1.54, 1.807) is 4.68 Å². The first kappa shape index (κ1) is 13.9. The van der Waals surface area contributed by atoms with Crippen LogP contribution in [0.2, 0.25) is 0 Å². The van der Waals surface area contributed by atoms with E-state index in [0.29, 0.717) is 12.3 Å². The molecule has 1 saturated heterocycles. The van der Waals surface area contributed by atoms with Gasteiger partial charge in [-0.2, -0.15) is 0 Å². The molecule has 2 heterocycles. The number of rotatable bonds is 3. The summed E-state index contributed by atoms with van der Waals surface area (Å²) in [7, 11) is 0. The minimum Gasteiger partial charge on any atom is -0.476 e. The second kappa shape index (κ2) is 5.48. The Morgan fingerprint density at radius 2 is 2.04 bits per heavy atom. The highest BCUT2D eigenvalue weighted by Crippen LogP contribution is 2.33. The van der Waals surface area contributed by atoms with Crippen molar-refractivity contribution in [2.45, 2.75) is 18.9 Å². The van der Waals surface area contributed by atoms with Gasteiger partial charge < -0.3 is 9.84 Å². The van der Waals surface area contributed by atoms with Crippen LogP contribution in [-0.2, 0) is 4.74 Å². The van der Waals surface area contributed by atoms with Crippen molar-refractivity contribution >= 4 is 16.7 Å². The van der Waals surface area contributed by atoms with E-state index in [1.807, 2.05) is 42.5 Å². The lowest BCUT2D eigenvalue weighted by molar-refractivity contribution is 0.0673. The third kappa shape index (κ3) is 2.27. The SMILES string of the molecule is O=C(O)c1nnn(-c2cccc3ccccc23)c1C1CCCO1. The maximum Gasteiger partial charge on any atom is 0.358 e. The lowest BCUT2D eigenvalue weighted by Crippen LogP contribution is -2.11. The van der Waals surface area contributed by atoms with Crippen LogP contribution in [0, 0.1) is 0 Å². The molecule has 116 valence electrons. The Balaban J connectivity index is 1.96. The molecule has 1 aliphatic rings. The number of nitrogens with zero attached hydrogens (tertiary/aromatic N) is 3. The number of fused-ring (bicyclic) bond motifs is 1. The summed E-state index contributed by atoms with van der Waals surface area (Å²) in [5, 5.41) is 19.5. The van der Waals surface area contributed by atoms with Crippen LogP contribution in [0.5, 0.6) is 0 Å². The van der Waals surface area contributed by atoms with Gasteiger partial charge in [0.25, 0.3) is 0 Å². The Morgan fingerprint density at radius 3 is 2.83 bits per heavy atom. The van der Waals surface area contributed by atoms with E-state index in [-0.39, 0.29) is 11.8 Å². The molecule has 0 radical (unpaired) electrons. The molecule has 1 atom stereocenters. The van der Waals surface area contributed by atoms with E-state index in [2.05, 4.69) is 10.3 Å². The van der Waals surface area contributed by atoms with Gasteiger partial charge in [0, 0.05) is 12.0 Å². The van der Waals surface area contributed by atoms with Crippen LogP contribution in [-0.4, -0.2) is 32.7 Å². The summed E-state index contributed by atoms with van der Waals surface area (Å²) in [6.45, 7) is 0.629. The number of ether oxygens (including phenoxy) is 1. The van der Waals surface area contributed by atoms with Crippen LogP contribution >= 0.6 is 0 Å². The van der Waals surface area contributed by atoms with E-state index in [0.717, 1.165) is 29.3 Å². The lowest BCUT2D eigenvalue weighted by atomic mass is 10.1. The van der Waals surface area contributed by atoms with Crippen LogP contribution in [0.15, 0.2) is 42.5 Å². The average molecular weight is 309 g/mol. The number of carboxylic acids is 1. The van der Waals surface area contributed by atoms with Crippen molar-refractivity contribution in [3.63, 3.8) is 0 Å². The lowest BCUT2D eigenvalue weighted by Gasteiger charge is -2.14. The first-order valence-electron chi connectivity index (χ1n) is 7.54. The van der Waals surface area contributed by atoms with Gasteiger partial charge in [-0.15, -0.1) is 5.10 Å². The zero-order chi connectivity index (χ0) is 15.8. The minimum atomic E-state index is -1.08. The van der Waals surface area contributed by atoms with E-state index >= 15 is 0 Å². The largest absolute Gasteiger partial charge is 0.476 e. The van der Waals surface area contributed by atoms with Crippen molar-refractivity contribution < 1.29 is 14.6 Å². The molecule has 0 bridgehead atoms. The quantitative estimate of drug-likeness (QED) is 0.805. The molecule has 1 aliphatic heterocycles. The van der Waals surface area contributed by atoms with E-state index in [9.17, 15) is 9.90 Å². The Hall–Kier alpha value is -2.73. The summed E-state index contributed by atoms with van der Waals surface area (Å²) in [5.74, 6) is -1.08. The zero-order valence-electron chi connectivity index (χ0n) is 12.3. The van der Waals surface area contributed by atoms with Crippen molar-refractivity contribution in [2.75, 3.05) is 6.61 Å². The molecule has 0 amide bonds. The van der Waals surface area contributed by atoms with E-state index < -0.39 is 5.97 Å². The summed E-state index contributed by atoms with van der Waals surface area (Å²) in [6, 6.07) is 13.8. The summed E-state index contributed by atoms with van der Waals surface area (Å²) in [5.41, 5.74) is 1.30. The van der Waals surface area contributed by atoms with Gasteiger partial charge in [0.1, 0.15) is 11.8 Å². The Labute approximate surface area is 132 Å². The normalized spacial score (nSPS) is 17.7. The molecule has 23 heavy (non-hydrogen) atoms. The molecule has 0 aliphatic carbocycles. The van der Waals surface area contributed by atoms with Crippen molar-refractivity contribution in [3.05, 3.63) is 53.9 Å². The molecule has 1 N–H and O–H groups in total. The van der Waals surface area contributed by atoms with Crippen molar-refractivity contribution in [1.29, 1.82) is 0 Å². The maximum atomic E-state index is 11.5. The number of carbonyl (C=O) groups is 1. The minimum absolute atomic E-state index is 0.0372. The third-order valence-corrected chi connectivity index (χ3v) is 4.14. The van der Waals surface area contributed by atoms with E-state index in [1.165, 1.54) is 0 Å². The fourth-order valence-electron chi connectivity index (χ4n) is 3.09. The third-order valence-electron chi connectivity index (χ3n) is 4.14. The molecular weight excluding hydrogens is 294 g/mol. The molecule has 1 fully saturated rings. The number of hydrogen-bond donors (Lipinski definition) is 1. The molecule has 6 heteroatoms. The smallest absolute Gasteiger partial charge is 0.358 e. The van der Waals surface area contributed by atoms with Gasteiger partial charge in [-0.05, 0) is 24.3 Å².